The number of carbonyl (C=O) groups is 2. The van der Waals surface area contributed by atoms with E-state index < -0.39 is 12.1 Å². The van der Waals surface area contributed by atoms with E-state index in [0.29, 0.717) is 11.1 Å². The van der Waals surface area contributed by atoms with Crippen molar-refractivity contribution >= 4 is 12.1 Å². The fourth-order valence-electron chi connectivity index (χ4n) is 1.79. The predicted octanol–water partition coefficient (Wildman–Crippen LogP) is 2.56. The van der Waals surface area contributed by atoms with Gasteiger partial charge in [0.25, 0.3) is 0 Å². The monoisotopic (exact) mass is 259 g/mol. The third kappa shape index (κ3) is 2.49. The fraction of sp³-hybridized carbons (Fsp3) is 0.143. The van der Waals surface area contributed by atoms with Crippen molar-refractivity contribution < 1.29 is 19.1 Å². The molecule has 1 aromatic carbocycles. The molecule has 0 bridgehead atoms. The van der Waals surface area contributed by atoms with Crippen LogP contribution in [0.1, 0.15) is 10.4 Å². The lowest BCUT2D eigenvalue weighted by Gasteiger charge is -2.01. The molecule has 1 aromatic heterocycles. The summed E-state index contributed by atoms with van der Waals surface area (Å²) in [4.78, 5) is 23.3. The van der Waals surface area contributed by atoms with Gasteiger partial charge in [-0.1, -0.05) is 30.3 Å². The Morgan fingerprint density at radius 2 is 1.68 bits per heavy atom. The van der Waals surface area contributed by atoms with Crippen LogP contribution in [0, 0.1) is 0 Å². The van der Waals surface area contributed by atoms with E-state index in [1.165, 1.54) is 25.0 Å². The van der Waals surface area contributed by atoms with Crippen LogP contribution >= 0.6 is 0 Å². The molecule has 0 aliphatic heterocycles. The van der Waals surface area contributed by atoms with Crippen molar-refractivity contribution in [2.24, 2.45) is 0 Å². The van der Waals surface area contributed by atoms with Crippen molar-refractivity contribution in [3.8, 4) is 11.1 Å². The third-order valence-corrected chi connectivity index (χ3v) is 2.70. The van der Waals surface area contributed by atoms with Gasteiger partial charge in [-0.25, -0.2) is 9.59 Å². The van der Waals surface area contributed by atoms with Gasteiger partial charge in [0.1, 0.15) is 0 Å². The van der Waals surface area contributed by atoms with Gasteiger partial charge in [0.15, 0.2) is 0 Å². The zero-order valence-corrected chi connectivity index (χ0v) is 10.6. The molecule has 0 spiro atoms. The maximum absolute atomic E-state index is 11.7. The van der Waals surface area contributed by atoms with Crippen molar-refractivity contribution in [3.05, 3.63) is 48.3 Å². The number of methoxy groups -OCH3 is 2. The summed E-state index contributed by atoms with van der Waals surface area (Å²) in [5.74, 6) is -0.499. The minimum Gasteiger partial charge on any atom is -0.465 e. The first-order valence-electron chi connectivity index (χ1n) is 5.61. The van der Waals surface area contributed by atoms with Gasteiger partial charge >= 0.3 is 12.1 Å². The van der Waals surface area contributed by atoms with Crippen LogP contribution in [0.2, 0.25) is 0 Å². The molecule has 0 amide bonds. The summed E-state index contributed by atoms with van der Waals surface area (Å²) in [5.41, 5.74) is 1.77. The second kappa shape index (κ2) is 5.39. The average Bonchev–Trinajstić information content (AvgIpc) is 2.91. The summed E-state index contributed by atoms with van der Waals surface area (Å²) in [6.45, 7) is 0. The highest BCUT2D eigenvalue weighted by Gasteiger charge is 2.18. The van der Waals surface area contributed by atoms with Crippen molar-refractivity contribution in [2.45, 2.75) is 0 Å². The number of nitrogens with zero attached hydrogens (tertiary/aromatic N) is 1. The SMILES string of the molecule is COC(=O)c1cn(C(=O)OC)cc1-c1ccccc1. The van der Waals surface area contributed by atoms with E-state index in [9.17, 15) is 9.59 Å². The molecule has 0 N–H and O–H groups in total. The van der Waals surface area contributed by atoms with Crippen LogP contribution in [-0.2, 0) is 9.47 Å². The van der Waals surface area contributed by atoms with Crippen LogP contribution in [0.5, 0.6) is 0 Å². The molecule has 0 unspecified atom stereocenters. The molecule has 0 saturated heterocycles. The number of ether oxygens (including phenoxy) is 2. The molecule has 19 heavy (non-hydrogen) atoms. The second-order valence-electron chi connectivity index (χ2n) is 3.82. The van der Waals surface area contributed by atoms with Crippen molar-refractivity contribution in [1.82, 2.24) is 4.57 Å². The molecule has 2 aromatic rings. The van der Waals surface area contributed by atoms with Crippen LogP contribution < -0.4 is 0 Å². The van der Waals surface area contributed by atoms with E-state index >= 15 is 0 Å². The molecular weight excluding hydrogens is 246 g/mol. The molecule has 5 heteroatoms. The zero-order chi connectivity index (χ0) is 13.8. The molecular formula is C14H13NO4. The first kappa shape index (κ1) is 12.9. The molecule has 2 rings (SSSR count). The van der Waals surface area contributed by atoms with Gasteiger partial charge in [-0.2, -0.15) is 0 Å². The Bertz CT molecular complexity index is 601. The Labute approximate surface area is 110 Å². The lowest BCUT2D eigenvalue weighted by molar-refractivity contribution is 0.0601. The quantitative estimate of drug-likeness (QED) is 0.778. The number of carbonyl (C=O) groups excluding carboxylic acids is 2. The van der Waals surface area contributed by atoms with E-state index in [1.807, 2.05) is 30.3 Å². The molecule has 0 radical (unpaired) electrons. The van der Waals surface area contributed by atoms with Crippen molar-refractivity contribution in [1.29, 1.82) is 0 Å². The minimum absolute atomic E-state index is 0.319. The van der Waals surface area contributed by atoms with Crippen molar-refractivity contribution in [2.75, 3.05) is 14.2 Å². The first-order valence-corrected chi connectivity index (χ1v) is 5.61. The highest BCUT2D eigenvalue weighted by Crippen LogP contribution is 2.25. The highest BCUT2D eigenvalue weighted by atomic mass is 16.5. The number of hydrogen-bond acceptors (Lipinski definition) is 4. The third-order valence-electron chi connectivity index (χ3n) is 2.70. The van der Waals surface area contributed by atoms with Gasteiger partial charge in [-0.3, -0.25) is 4.57 Å². The Morgan fingerprint density at radius 3 is 2.26 bits per heavy atom. The van der Waals surface area contributed by atoms with Crippen molar-refractivity contribution in [3.63, 3.8) is 0 Å². The number of aromatic nitrogens is 1. The molecule has 98 valence electrons. The molecule has 1 heterocycles. The number of rotatable bonds is 2. The van der Waals surface area contributed by atoms with E-state index in [1.54, 1.807) is 6.20 Å². The molecule has 0 fully saturated rings. The van der Waals surface area contributed by atoms with Gasteiger partial charge in [-0.05, 0) is 5.56 Å². The maximum atomic E-state index is 11.7. The molecule has 5 nitrogen and oxygen atoms in total. The lowest BCUT2D eigenvalue weighted by Crippen LogP contribution is -2.09. The largest absolute Gasteiger partial charge is 0.465 e. The Balaban J connectivity index is 2.55. The minimum atomic E-state index is -0.563. The molecule has 0 atom stereocenters. The average molecular weight is 259 g/mol. The zero-order valence-electron chi connectivity index (χ0n) is 10.6. The van der Waals surface area contributed by atoms with E-state index in [2.05, 4.69) is 4.74 Å². The lowest BCUT2D eigenvalue weighted by atomic mass is 10.1. The summed E-state index contributed by atoms with van der Waals surface area (Å²) < 4.78 is 10.6. The van der Waals surface area contributed by atoms with Gasteiger partial charge in [0.2, 0.25) is 0 Å². The first-order chi connectivity index (χ1) is 9.17. The van der Waals surface area contributed by atoms with E-state index in [4.69, 9.17) is 4.74 Å². The van der Waals surface area contributed by atoms with E-state index in [0.717, 1.165) is 5.56 Å². The molecule has 0 aliphatic rings. The summed E-state index contributed by atoms with van der Waals surface area (Å²) >= 11 is 0. The van der Waals surface area contributed by atoms with Gasteiger partial charge < -0.3 is 9.47 Å². The smallest absolute Gasteiger partial charge is 0.417 e. The summed E-state index contributed by atoms with van der Waals surface area (Å²) in [6.07, 6.45) is 2.39. The van der Waals surface area contributed by atoms with Crippen LogP contribution in [-0.4, -0.2) is 30.8 Å². The Kier molecular flexibility index (Phi) is 3.66. The van der Waals surface area contributed by atoms with Gasteiger partial charge in [-0.15, -0.1) is 0 Å². The highest BCUT2D eigenvalue weighted by molar-refractivity contribution is 5.98. The van der Waals surface area contributed by atoms with Crippen LogP contribution in [0.15, 0.2) is 42.7 Å². The van der Waals surface area contributed by atoms with Gasteiger partial charge in [0, 0.05) is 18.0 Å². The maximum Gasteiger partial charge on any atom is 0.417 e. The fourth-order valence-corrected chi connectivity index (χ4v) is 1.79. The molecule has 0 saturated carbocycles. The van der Waals surface area contributed by atoms with Crippen LogP contribution in [0.3, 0.4) is 0 Å². The normalized spacial score (nSPS) is 10.0. The Morgan fingerprint density at radius 1 is 1.00 bits per heavy atom. The predicted molar refractivity (Wildman–Crippen MR) is 69.0 cm³/mol. The van der Waals surface area contributed by atoms with Crippen LogP contribution in [0.4, 0.5) is 4.79 Å². The summed E-state index contributed by atoms with van der Waals surface area (Å²) in [6, 6.07) is 9.28. The summed E-state index contributed by atoms with van der Waals surface area (Å²) in [5, 5.41) is 0. The van der Waals surface area contributed by atoms with Crippen LogP contribution in [0.25, 0.3) is 11.1 Å². The number of benzene rings is 1. The standard InChI is InChI=1S/C14H13NO4/c1-18-13(16)12-9-15(14(17)19-2)8-11(12)10-6-4-3-5-7-10/h3-9H,1-2H3. The van der Waals surface area contributed by atoms with Gasteiger partial charge in [0.05, 0.1) is 19.8 Å². The molecule has 0 aliphatic carbocycles. The number of esters is 1. The number of hydrogen-bond donors (Lipinski definition) is 0. The topological polar surface area (TPSA) is 57.5 Å². The van der Waals surface area contributed by atoms with E-state index in [-0.39, 0.29) is 0 Å². The summed E-state index contributed by atoms with van der Waals surface area (Å²) in [7, 11) is 2.58. The Hall–Kier alpha value is -2.56. The second-order valence-corrected chi connectivity index (χ2v) is 3.82.